The molecule has 1 aromatic heterocycles. The average Bonchev–Trinajstić information content (AvgIpc) is 2.60. The van der Waals surface area contributed by atoms with Gasteiger partial charge in [-0.05, 0) is 25.3 Å². The third-order valence-corrected chi connectivity index (χ3v) is 4.03. The lowest BCUT2D eigenvalue weighted by Gasteiger charge is -2.18. The Morgan fingerprint density at radius 3 is 2.24 bits per heavy atom. The van der Waals surface area contributed by atoms with Gasteiger partial charge in [0.15, 0.2) is 11.3 Å². The molecule has 25 heavy (non-hydrogen) atoms. The molecule has 0 unspecified atom stereocenters. The molecular formula is C18H22O7. The first-order chi connectivity index (χ1) is 12.0. The monoisotopic (exact) mass is 350 g/mol. The topological polar surface area (TPSA) is 84.2 Å². The molecule has 0 fully saturated rings. The van der Waals surface area contributed by atoms with Gasteiger partial charge in [0, 0.05) is 18.1 Å². The van der Waals surface area contributed by atoms with Gasteiger partial charge in [-0.3, -0.25) is 4.79 Å². The summed E-state index contributed by atoms with van der Waals surface area (Å²) in [6.07, 6.45) is 1.27. The van der Waals surface area contributed by atoms with Crippen LogP contribution in [0.1, 0.15) is 24.0 Å². The minimum absolute atomic E-state index is 0.257. The highest BCUT2D eigenvalue weighted by Gasteiger charge is 2.24. The minimum atomic E-state index is -0.508. The molecule has 0 spiro atoms. The first kappa shape index (κ1) is 18.6. The number of carbonyl (C=O) groups is 1. The maximum Gasteiger partial charge on any atom is 0.336 e. The van der Waals surface area contributed by atoms with E-state index in [-0.39, 0.29) is 18.0 Å². The zero-order valence-corrected chi connectivity index (χ0v) is 15.1. The first-order valence-electron chi connectivity index (χ1n) is 7.80. The van der Waals surface area contributed by atoms with E-state index in [1.165, 1.54) is 34.5 Å². The van der Waals surface area contributed by atoms with Crippen LogP contribution in [0.3, 0.4) is 0 Å². The van der Waals surface area contributed by atoms with Gasteiger partial charge < -0.3 is 23.4 Å². The van der Waals surface area contributed by atoms with Crippen LogP contribution in [0, 0.1) is 6.92 Å². The van der Waals surface area contributed by atoms with E-state index in [1.54, 1.807) is 0 Å². The average molecular weight is 350 g/mol. The molecule has 0 radical (unpaired) electrons. The van der Waals surface area contributed by atoms with E-state index in [0.29, 0.717) is 35.5 Å². The predicted molar refractivity (Wildman–Crippen MR) is 91.8 cm³/mol. The molecule has 0 saturated heterocycles. The quantitative estimate of drug-likeness (QED) is 0.560. The van der Waals surface area contributed by atoms with Crippen molar-refractivity contribution in [2.75, 3.05) is 28.4 Å². The fourth-order valence-corrected chi connectivity index (χ4v) is 2.92. The van der Waals surface area contributed by atoms with Crippen LogP contribution in [-0.2, 0) is 16.0 Å². The van der Waals surface area contributed by atoms with Gasteiger partial charge in [-0.15, -0.1) is 0 Å². The molecule has 0 atom stereocenters. The van der Waals surface area contributed by atoms with Crippen LogP contribution in [0.15, 0.2) is 15.3 Å². The zero-order chi connectivity index (χ0) is 18.6. The maximum atomic E-state index is 12.0. The van der Waals surface area contributed by atoms with E-state index in [0.717, 1.165) is 11.1 Å². The Hall–Kier alpha value is -2.70. The Bertz CT molecular complexity index is 836. The maximum absolute atomic E-state index is 12.0. The Morgan fingerprint density at radius 2 is 1.68 bits per heavy atom. The highest BCUT2D eigenvalue weighted by atomic mass is 16.5. The number of rotatable bonds is 7. The lowest BCUT2D eigenvalue weighted by molar-refractivity contribution is -0.140. The minimum Gasteiger partial charge on any atom is -0.496 e. The van der Waals surface area contributed by atoms with E-state index < -0.39 is 5.63 Å². The Labute approximate surface area is 145 Å². The van der Waals surface area contributed by atoms with Gasteiger partial charge in [0.25, 0.3) is 0 Å². The molecule has 0 aliphatic rings. The highest BCUT2D eigenvalue weighted by molar-refractivity contribution is 5.95. The lowest BCUT2D eigenvalue weighted by Crippen LogP contribution is -2.07. The number of fused-ring (bicyclic) bond motifs is 1. The van der Waals surface area contributed by atoms with Gasteiger partial charge in [-0.25, -0.2) is 4.79 Å². The number of benzene rings is 1. The summed E-state index contributed by atoms with van der Waals surface area (Å²) in [5, 5.41) is 0.641. The fourth-order valence-electron chi connectivity index (χ4n) is 2.92. The van der Waals surface area contributed by atoms with Crippen LogP contribution in [0.5, 0.6) is 17.2 Å². The van der Waals surface area contributed by atoms with Crippen LogP contribution in [0.25, 0.3) is 11.0 Å². The third-order valence-electron chi connectivity index (χ3n) is 4.03. The molecule has 0 amide bonds. The van der Waals surface area contributed by atoms with E-state index in [2.05, 4.69) is 4.74 Å². The summed E-state index contributed by atoms with van der Waals surface area (Å²) in [6.45, 7) is 1.84. The Morgan fingerprint density at radius 1 is 1.04 bits per heavy atom. The summed E-state index contributed by atoms with van der Waals surface area (Å²) in [5.41, 5.74) is 1.21. The smallest absolute Gasteiger partial charge is 0.336 e. The number of hydrogen-bond acceptors (Lipinski definition) is 7. The highest BCUT2D eigenvalue weighted by Crippen LogP contribution is 2.46. The molecule has 136 valence electrons. The van der Waals surface area contributed by atoms with Gasteiger partial charge in [0.2, 0.25) is 5.75 Å². The first-order valence-corrected chi connectivity index (χ1v) is 7.80. The molecule has 7 nitrogen and oxygen atoms in total. The summed E-state index contributed by atoms with van der Waals surface area (Å²) in [7, 11) is 5.87. The molecule has 0 aliphatic carbocycles. The van der Waals surface area contributed by atoms with Crippen molar-refractivity contribution >= 4 is 16.9 Å². The van der Waals surface area contributed by atoms with Crippen molar-refractivity contribution in [3.63, 3.8) is 0 Å². The largest absolute Gasteiger partial charge is 0.496 e. The van der Waals surface area contributed by atoms with Crippen molar-refractivity contribution in [3.05, 3.63) is 27.6 Å². The Kier molecular flexibility index (Phi) is 5.90. The molecule has 1 aromatic carbocycles. The Balaban J connectivity index is 2.68. The molecule has 0 bridgehead atoms. The summed E-state index contributed by atoms with van der Waals surface area (Å²) in [4.78, 5) is 23.3. The predicted octanol–water partition coefficient (Wildman–Crippen LogP) is 2.62. The molecule has 1 heterocycles. The molecule has 7 heteroatoms. The molecular weight excluding hydrogens is 328 g/mol. The van der Waals surface area contributed by atoms with Crippen molar-refractivity contribution in [1.82, 2.24) is 0 Å². The van der Waals surface area contributed by atoms with Crippen molar-refractivity contribution in [3.8, 4) is 17.2 Å². The van der Waals surface area contributed by atoms with E-state index >= 15 is 0 Å². The van der Waals surface area contributed by atoms with E-state index in [4.69, 9.17) is 18.6 Å². The lowest BCUT2D eigenvalue weighted by atomic mass is 10.00. The number of aryl methyl sites for hydroxylation is 1. The van der Waals surface area contributed by atoms with Gasteiger partial charge in [0.05, 0.1) is 33.8 Å². The molecule has 2 aromatic rings. The van der Waals surface area contributed by atoms with Crippen LogP contribution in [0.4, 0.5) is 0 Å². The molecule has 0 saturated carbocycles. The summed E-state index contributed by atoms with van der Waals surface area (Å²) in [5.74, 6) is 1.03. The van der Waals surface area contributed by atoms with Crippen molar-refractivity contribution in [1.29, 1.82) is 0 Å². The van der Waals surface area contributed by atoms with Gasteiger partial charge >= 0.3 is 11.6 Å². The number of ether oxygens (including phenoxy) is 4. The van der Waals surface area contributed by atoms with Crippen LogP contribution in [0.2, 0.25) is 0 Å². The fraction of sp³-hybridized carbons (Fsp3) is 0.444. The second-order valence-corrected chi connectivity index (χ2v) is 5.45. The standard InChI is InChI=1S/C18H22O7/c1-10-15(22-3)14-11(7-6-8-12(19)21-2)9-13(20)25-17(14)18(24-5)16(10)23-4/h9H,6-8H2,1-5H3. The summed E-state index contributed by atoms with van der Waals surface area (Å²) in [6, 6.07) is 1.41. The number of carbonyl (C=O) groups excluding carboxylic acids is 1. The van der Waals surface area contributed by atoms with Crippen LogP contribution in [-0.4, -0.2) is 34.4 Å². The van der Waals surface area contributed by atoms with Gasteiger partial charge in [0.1, 0.15) is 5.75 Å². The normalized spacial score (nSPS) is 10.6. The molecule has 2 rings (SSSR count). The van der Waals surface area contributed by atoms with E-state index in [1.807, 2.05) is 6.92 Å². The van der Waals surface area contributed by atoms with Crippen molar-refractivity contribution in [2.24, 2.45) is 0 Å². The van der Waals surface area contributed by atoms with Crippen LogP contribution < -0.4 is 19.8 Å². The SMILES string of the molecule is COC(=O)CCCc1cc(=O)oc2c(OC)c(OC)c(C)c(OC)c12. The number of esters is 1. The van der Waals surface area contributed by atoms with Crippen molar-refractivity contribution in [2.45, 2.75) is 26.2 Å². The van der Waals surface area contributed by atoms with Gasteiger partial charge in [-0.2, -0.15) is 0 Å². The number of hydrogen-bond donors (Lipinski definition) is 0. The second kappa shape index (κ2) is 7.92. The summed E-state index contributed by atoms with van der Waals surface area (Å²) < 4.78 is 26.4. The zero-order valence-electron chi connectivity index (χ0n) is 15.1. The van der Waals surface area contributed by atoms with Gasteiger partial charge in [-0.1, -0.05) is 0 Å². The molecule has 0 N–H and O–H groups in total. The van der Waals surface area contributed by atoms with Crippen LogP contribution >= 0.6 is 0 Å². The second-order valence-electron chi connectivity index (χ2n) is 5.45. The summed E-state index contributed by atoms with van der Waals surface area (Å²) >= 11 is 0. The third kappa shape index (κ3) is 3.55. The van der Waals surface area contributed by atoms with Crippen molar-refractivity contribution < 1.29 is 28.2 Å². The number of methoxy groups -OCH3 is 4. The molecule has 0 aliphatic heterocycles. The van der Waals surface area contributed by atoms with E-state index in [9.17, 15) is 9.59 Å².